The molecule has 3 aromatic rings. The fourth-order valence-corrected chi connectivity index (χ4v) is 3.97. The van der Waals surface area contributed by atoms with Crippen LogP contribution in [0.5, 0.6) is 0 Å². The summed E-state index contributed by atoms with van der Waals surface area (Å²) in [5, 5.41) is 7.83. The van der Waals surface area contributed by atoms with E-state index >= 15 is 0 Å². The monoisotopic (exact) mass is 435 g/mol. The highest BCUT2D eigenvalue weighted by atomic mass is 35.5. The fraction of sp³-hybridized carbons (Fsp3) is 0.300. The van der Waals surface area contributed by atoms with Crippen molar-refractivity contribution in [3.8, 4) is 5.82 Å². The summed E-state index contributed by atoms with van der Waals surface area (Å²) in [5.41, 5.74) is 1.12. The molecule has 0 saturated heterocycles. The van der Waals surface area contributed by atoms with E-state index in [-0.39, 0.29) is 5.56 Å². The zero-order chi connectivity index (χ0) is 21.6. The average molecular weight is 436 g/mol. The van der Waals surface area contributed by atoms with Crippen LogP contribution in [0.15, 0.2) is 36.5 Å². The Morgan fingerprint density at radius 1 is 1.23 bits per heavy atom. The van der Waals surface area contributed by atoms with E-state index in [1.54, 1.807) is 17.8 Å². The molecule has 1 aliphatic heterocycles. The number of pyridine rings is 1. The Morgan fingerprint density at radius 3 is 2.70 bits per heavy atom. The van der Waals surface area contributed by atoms with Crippen LogP contribution in [0.3, 0.4) is 0 Å². The number of hydrogen-bond acceptors (Lipinski definition) is 4. The van der Waals surface area contributed by atoms with Gasteiger partial charge in [0.15, 0.2) is 5.82 Å². The Morgan fingerprint density at radius 2 is 2.00 bits per heavy atom. The first-order valence-electron chi connectivity index (χ1n) is 9.23. The van der Waals surface area contributed by atoms with E-state index in [0.717, 1.165) is 17.3 Å². The number of carbonyl (C=O) groups is 1. The van der Waals surface area contributed by atoms with Gasteiger partial charge in [0.05, 0.1) is 27.9 Å². The van der Waals surface area contributed by atoms with Crippen molar-refractivity contribution in [2.75, 3.05) is 6.54 Å². The Hall–Kier alpha value is -2.94. The number of aryl methyl sites for hydroxylation is 1. The topological polar surface area (TPSA) is 63.9 Å². The Labute approximate surface area is 175 Å². The smallest absolute Gasteiger partial charge is 0.330 e. The van der Waals surface area contributed by atoms with Gasteiger partial charge >= 0.3 is 6.18 Å². The molecule has 0 spiro atoms. The van der Waals surface area contributed by atoms with E-state index in [9.17, 15) is 18.0 Å². The molecule has 0 unspecified atom stereocenters. The number of alkyl halides is 3. The van der Waals surface area contributed by atoms with E-state index in [1.165, 1.54) is 17.0 Å². The van der Waals surface area contributed by atoms with Crippen molar-refractivity contribution < 1.29 is 18.0 Å². The molecule has 0 aliphatic carbocycles. The van der Waals surface area contributed by atoms with E-state index in [2.05, 4.69) is 15.3 Å². The molecule has 1 aromatic carbocycles. The van der Waals surface area contributed by atoms with Crippen LogP contribution in [0.25, 0.3) is 5.82 Å². The average Bonchev–Trinajstić information content (AvgIpc) is 3.12. The van der Waals surface area contributed by atoms with Gasteiger partial charge in [-0.3, -0.25) is 4.79 Å². The number of amides is 1. The molecular weight excluding hydrogens is 419 g/mol. The van der Waals surface area contributed by atoms with E-state index < -0.39 is 28.7 Å². The second-order valence-corrected chi connectivity index (χ2v) is 7.44. The SMILES string of the molecule is Cc1cccnc1-n1nnc2c1CCN(C(=O)c1cccc(C(F)(F)F)c1Cl)[C@@H]2C. The normalized spacial score (nSPS) is 16.5. The summed E-state index contributed by atoms with van der Waals surface area (Å²) < 4.78 is 41.2. The first-order valence-corrected chi connectivity index (χ1v) is 9.61. The van der Waals surface area contributed by atoms with Gasteiger partial charge in [-0.1, -0.05) is 28.9 Å². The Bertz CT molecular complexity index is 1130. The lowest BCUT2D eigenvalue weighted by Crippen LogP contribution is -2.39. The molecule has 2 aromatic heterocycles. The number of hydrogen-bond donors (Lipinski definition) is 0. The van der Waals surface area contributed by atoms with Gasteiger partial charge < -0.3 is 4.90 Å². The number of nitrogens with zero attached hydrogens (tertiary/aromatic N) is 5. The number of aromatic nitrogens is 4. The lowest BCUT2D eigenvalue weighted by Gasteiger charge is -2.33. The van der Waals surface area contributed by atoms with Crippen LogP contribution in [0.4, 0.5) is 13.2 Å². The van der Waals surface area contributed by atoms with Crippen molar-refractivity contribution in [3.05, 3.63) is 69.6 Å². The predicted octanol–water partition coefficient (Wildman–Crippen LogP) is 4.40. The van der Waals surface area contributed by atoms with E-state index in [1.807, 2.05) is 19.1 Å². The maximum atomic E-state index is 13.2. The van der Waals surface area contributed by atoms with Crippen molar-refractivity contribution in [2.45, 2.75) is 32.5 Å². The van der Waals surface area contributed by atoms with Crippen LogP contribution in [0.1, 0.15) is 45.8 Å². The summed E-state index contributed by atoms with van der Waals surface area (Å²) in [5.74, 6) is 0.0759. The van der Waals surface area contributed by atoms with Gasteiger partial charge in [0.1, 0.15) is 5.69 Å². The van der Waals surface area contributed by atoms with Gasteiger partial charge in [-0.25, -0.2) is 4.98 Å². The van der Waals surface area contributed by atoms with Gasteiger partial charge in [0, 0.05) is 19.2 Å². The lowest BCUT2D eigenvalue weighted by atomic mass is 10.0. The molecule has 1 atom stereocenters. The van der Waals surface area contributed by atoms with Gasteiger partial charge in [-0.2, -0.15) is 17.9 Å². The number of carbonyl (C=O) groups excluding carboxylic acids is 1. The summed E-state index contributed by atoms with van der Waals surface area (Å²) in [6, 6.07) is 6.60. The molecule has 4 rings (SSSR count). The molecule has 1 amide bonds. The summed E-state index contributed by atoms with van der Waals surface area (Å²) in [6.45, 7) is 3.97. The largest absolute Gasteiger partial charge is 0.417 e. The first-order chi connectivity index (χ1) is 14.2. The summed E-state index contributed by atoms with van der Waals surface area (Å²) in [7, 11) is 0. The molecule has 6 nitrogen and oxygen atoms in total. The van der Waals surface area contributed by atoms with Crippen molar-refractivity contribution in [2.24, 2.45) is 0 Å². The molecule has 3 heterocycles. The third-order valence-electron chi connectivity index (χ3n) is 5.22. The summed E-state index contributed by atoms with van der Waals surface area (Å²) in [6.07, 6.45) is -2.55. The number of benzene rings is 1. The van der Waals surface area contributed by atoms with Gasteiger partial charge in [-0.15, -0.1) is 5.10 Å². The van der Waals surface area contributed by atoms with E-state index in [0.29, 0.717) is 24.5 Å². The molecule has 30 heavy (non-hydrogen) atoms. The van der Waals surface area contributed by atoms with Crippen LogP contribution in [-0.2, 0) is 12.6 Å². The lowest BCUT2D eigenvalue weighted by molar-refractivity contribution is -0.137. The predicted molar refractivity (Wildman–Crippen MR) is 104 cm³/mol. The number of fused-ring (bicyclic) bond motifs is 1. The van der Waals surface area contributed by atoms with Crippen molar-refractivity contribution in [3.63, 3.8) is 0 Å². The Balaban J connectivity index is 1.68. The molecule has 10 heteroatoms. The van der Waals surface area contributed by atoms with Gasteiger partial charge in [0.2, 0.25) is 0 Å². The van der Waals surface area contributed by atoms with Crippen molar-refractivity contribution in [1.29, 1.82) is 0 Å². The molecule has 0 radical (unpaired) electrons. The van der Waals surface area contributed by atoms with E-state index in [4.69, 9.17) is 11.6 Å². The third kappa shape index (κ3) is 3.32. The summed E-state index contributed by atoms with van der Waals surface area (Å²) in [4.78, 5) is 18.9. The highest BCUT2D eigenvalue weighted by Gasteiger charge is 2.37. The second-order valence-electron chi connectivity index (χ2n) is 7.07. The van der Waals surface area contributed by atoms with Crippen LogP contribution < -0.4 is 0 Å². The standard InChI is InChI=1S/C20H17ClF3N5O/c1-11-5-4-9-25-18(11)29-15-8-10-28(12(2)17(15)26-27-29)19(30)13-6-3-7-14(16(13)21)20(22,23)24/h3-7,9,12H,8,10H2,1-2H3/t12-/m1/s1. The van der Waals surface area contributed by atoms with Crippen molar-refractivity contribution >= 4 is 17.5 Å². The number of halogens is 4. The zero-order valence-electron chi connectivity index (χ0n) is 16.1. The van der Waals surface area contributed by atoms with Gasteiger partial charge in [-0.05, 0) is 37.6 Å². The maximum Gasteiger partial charge on any atom is 0.417 e. The minimum Gasteiger partial charge on any atom is -0.330 e. The third-order valence-corrected chi connectivity index (χ3v) is 5.63. The highest BCUT2D eigenvalue weighted by Crippen LogP contribution is 2.38. The molecule has 0 fully saturated rings. The molecular formula is C20H17ClF3N5O. The molecule has 156 valence electrons. The molecule has 1 aliphatic rings. The highest BCUT2D eigenvalue weighted by molar-refractivity contribution is 6.34. The quantitative estimate of drug-likeness (QED) is 0.598. The first kappa shape index (κ1) is 20.3. The maximum absolute atomic E-state index is 13.2. The molecule has 0 N–H and O–H groups in total. The van der Waals surface area contributed by atoms with Crippen LogP contribution in [0.2, 0.25) is 5.02 Å². The minimum atomic E-state index is -4.64. The van der Waals surface area contributed by atoms with Crippen LogP contribution in [0, 0.1) is 6.92 Å². The van der Waals surface area contributed by atoms with Gasteiger partial charge in [0.25, 0.3) is 5.91 Å². The van der Waals surface area contributed by atoms with Crippen LogP contribution in [-0.4, -0.2) is 37.3 Å². The van der Waals surface area contributed by atoms with Crippen LogP contribution >= 0.6 is 11.6 Å². The fourth-order valence-electron chi connectivity index (χ4n) is 3.66. The zero-order valence-corrected chi connectivity index (χ0v) is 16.9. The molecule has 0 saturated carbocycles. The summed E-state index contributed by atoms with van der Waals surface area (Å²) >= 11 is 5.95. The second kappa shape index (κ2) is 7.39. The minimum absolute atomic E-state index is 0.185. The molecule has 0 bridgehead atoms. The Kier molecular flexibility index (Phi) is 5.01. The van der Waals surface area contributed by atoms with Crippen molar-refractivity contribution in [1.82, 2.24) is 24.9 Å². The number of rotatable bonds is 2.